The zero-order valence-electron chi connectivity index (χ0n) is 17.2. The van der Waals surface area contributed by atoms with Crippen molar-refractivity contribution in [3.63, 3.8) is 0 Å². The van der Waals surface area contributed by atoms with Gasteiger partial charge in [0.05, 0.1) is 19.3 Å². The molecule has 2 rings (SSSR count). The zero-order chi connectivity index (χ0) is 20.8. The van der Waals surface area contributed by atoms with Gasteiger partial charge in [-0.25, -0.2) is 0 Å². The molecule has 2 aromatic rings. The van der Waals surface area contributed by atoms with E-state index in [1.807, 2.05) is 50.8 Å². The highest BCUT2D eigenvalue weighted by Gasteiger charge is 2.22. The van der Waals surface area contributed by atoms with Crippen LogP contribution in [0.15, 0.2) is 48.5 Å². The van der Waals surface area contributed by atoms with Gasteiger partial charge in [0.25, 0.3) is 5.91 Å². The zero-order valence-corrected chi connectivity index (χ0v) is 17.2. The van der Waals surface area contributed by atoms with Crippen LogP contribution >= 0.6 is 0 Å². The third-order valence-electron chi connectivity index (χ3n) is 4.46. The van der Waals surface area contributed by atoms with Gasteiger partial charge in [0.15, 0.2) is 0 Å². The molecule has 2 amide bonds. The van der Waals surface area contributed by atoms with Crippen LogP contribution in [0, 0.1) is 0 Å². The van der Waals surface area contributed by atoms with Crippen molar-refractivity contribution in [3.8, 4) is 5.75 Å². The molecule has 0 atom stereocenters. The first-order chi connectivity index (χ1) is 13.3. The number of hydrogen-bond acceptors (Lipinski definition) is 4. The van der Waals surface area contributed by atoms with Crippen LogP contribution in [0.4, 0.5) is 11.4 Å². The van der Waals surface area contributed by atoms with Crippen LogP contribution in [0.25, 0.3) is 0 Å². The molecule has 0 fully saturated rings. The first-order valence-electron chi connectivity index (χ1n) is 9.40. The molecule has 0 saturated heterocycles. The molecule has 0 unspecified atom stereocenters. The second-order valence-corrected chi connectivity index (χ2v) is 7.08. The summed E-state index contributed by atoms with van der Waals surface area (Å²) in [6, 6.07) is 14.4. The van der Waals surface area contributed by atoms with Crippen LogP contribution < -0.4 is 15.4 Å². The number of amides is 2. The summed E-state index contributed by atoms with van der Waals surface area (Å²) >= 11 is 0. The summed E-state index contributed by atoms with van der Waals surface area (Å²) in [7, 11) is 1.57. The van der Waals surface area contributed by atoms with Gasteiger partial charge in [-0.2, -0.15) is 0 Å². The summed E-state index contributed by atoms with van der Waals surface area (Å²) in [4.78, 5) is 28.7. The predicted octanol–water partition coefficient (Wildman–Crippen LogP) is 3.58. The Morgan fingerprint density at radius 2 is 1.57 bits per heavy atom. The highest BCUT2D eigenvalue weighted by Crippen LogP contribution is 2.29. The van der Waals surface area contributed by atoms with Crippen LogP contribution in [-0.2, 0) is 4.79 Å². The Bertz CT molecular complexity index is 808. The van der Waals surface area contributed by atoms with E-state index in [1.54, 1.807) is 37.4 Å². The second kappa shape index (κ2) is 9.37. The molecule has 0 heterocycles. The number of nitrogens with two attached hydrogens (primary N) is 1. The minimum Gasteiger partial charge on any atom is -0.497 e. The molecule has 0 aromatic heterocycles. The van der Waals surface area contributed by atoms with E-state index in [-0.39, 0.29) is 30.4 Å². The number of carbonyl (C=O) groups excluding carboxylic acids is 2. The molecule has 2 aromatic carbocycles. The maximum Gasteiger partial charge on any atom is 0.254 e. The Balaban J connectivity index is 2.39. The van der Waals surface area contributed by atoms with Crippen molar-refractivity contribution in [2.24, 2.45) is 5.73 Å². The number of carbonyl (C=O) groups is 2. The van der Waals surface area contributed by atoms with Gasteiger partial charge in [0.2, 0.25) is 5.91 Å². The summed E-state index contributed by atoms with van der Waals surface area (Å²) in [5.41, 5.74) is 7.49. The van der Waals surface area contributed by atoms with Gasteiger partial charge in [-0.05, 0) is 64.1 Å². The van der Waals surface area contributed by atoms with E-state index in [2.05, 4.69) is 0 Å². The Labute approximate surface area is 166 Å². The van der Waals surface area contributed by atoms with Crippen molar-refractivity contribution in [2.45, 2.75) is 39.8 Å². The van der Waals surface area contributed by atoms with Gasteiger partial charge in [0.1, 0.15) is 5.75 Å². The highest BCUT2D eigenvalue weighted by atomic mass is 16.5. The minimum atomic E-state index is -0.252. The average molecular weight is 383 g/mol. The summed E-state index contributed by atoms with van der Waals surface area (Å²) in [5.74, 6) is 0.358. The monoisotopic (exact) mass is 383 g/mol. The number of benzene rings is 2. The molecule has 0 aliphatic heterocycles. The maximum atomic E-state index is 12.9. The highest BCUT2D eigenvalue weighted by molar-refractivity contribution is 6.02. The van der Waals surface area contributed by atoms with Gasteiger partial charge in [-0.1, -0.05) is 6.07 Å². The molecule has 28 heavy (non-hydrogen) atoms. The molecule has 6 heteroatoms. The summed E-state index contributed by atoms with van der Waals surface area (Å²) in [5, 5.41) is 0. The molecule has 0 aliphatic rings. The third-order valence-corrected chi connectivity index (χ3v) is 4.46. The van der Waals surface area contributed by atoms with Gasteiger partial charge in [-0.15, -0.1) is 0 Å². The lowest BCUT2D eigenvalue weighted by molar-refractivity contribution is -0.116. The van der Waals surface area contributed by atoms with E-state index >= 15 is 0 Å². The van der Waals surface area contributed by atoms with Crippen molar-refractivity contribution in [2.75, 3.05) is 18.6 Å². The molecular formula is C22H29N3O3. The lowest BCUT2D eigenvalue weighted by Crippen LogP contribution is -2.42. The van der Waals surface area contributed by atoms with Crippen molar-refractivity contribution in [1.82, 2.24) is 4.90 Å². The number of anilines is 2. The molecule has 0 radical (unpaired) electrons. The smallest absolute Gasteiger partial charge is 0.254 e. The van der Waals surface area contributed by atoms with Gasteiger partial charge in [-0.3, -0.25) is 14.5 Å². The first-order valence-corrected chi connectivity index (χ1v) is 9.40. The number of nitrogens with zero attached hydrogens (tertiary/aromatic N) is 2. The van der Waals surface area contributed by atoms with Crippen molar-refractivity contribution in [1.29, 1.82) is 0 Å². The Hall–Kier alpha value is -2.86. The van der Waals surface area contributed by atoms with Crippen LogP contribution in [0.1, 0.15) is 38.1 Å². The van der Waals surface area contributed by atoms with Crippen molar-refractivity contribution < 1.29 is 14.3 Å². The quantitative estimate of drug-likeness (QED) is 0.793. The van der Waals surface area contributed by atoms with E-state index in [0.29, 0.717) is 22.7 Å². The van der Waals surface area contributed by atoms with Crippen LogP contribution in [-0.4, -0.2) is 42.5 Å². The maximum absolute atomic E-state index is 12.9. The summed E-state index contributed by atoms with van der Waals surface area (Å²) < 4.78 is 5.26. The van der Waals surface area contributed by atoms with Crippen molar-refractivity contribution >= 4 is 23.2 Å². The van der Waals surface area contributed by atoms with E-state index in [9.17, 15) is 9.59 Å². The standard InChI is InChI=1S/C22H29N3O3/c1-15(2)24(16(3)4)22(27)17-9-11-18(12-10-17)25(21(26)14-23)19-7-6-8-20(13-19)28-5/h6-13,15-16H,14,23H2,1-5H3. The Kier molecular flexibility index (Phi) is 7.18. The molecule has 0 spiro atoms. The van der Waals surface area contributed by atoms with Gasteiger partial charge in [0, 0.05) is 29.4 Å². The molecule has 150 valence electrons. The van der Waals surface area contributed by atoms with Crippen LogP contribution in [0.2, 0.25) is 0 Å². The molecule has 0 aliphatic carbocycles. The van der Waals surface area contributed by atoms with Gasteiger partial charge >= 0.3 is 0 Å². The van der Waals surface area contributed by atoms with E-state index < -0.39 is 0 Å². The largest absolute Gasteiger partial charge is 0.497 e. The fourth-order valence-corrected chi connectivity index (χ4v) is 3.25. The third kappa shape index (κ3) is 4.70. The molecular weight excluding hydrogens is 354 g/mol. The average Bonchev–Trinajstić information content (AvgIpc) is 2.68. The molecule has 6 nitrogen and oxygen atoms in total. The number of ether oxygens (including phenoxy) is 1. The lowest BCUT2D eigenvalue weighted by Gasteiger charge is -2.31. The van der Waals surface area contributed by atoms with E-state index in [1.165, 1.54) is 4.90 Å². The molecule has 0 bridgehead atoms. The normalized spacial score (nSPS) is 10.9. The number of rotatable bonds is 7. The predicted molar refractivity (Wildman–Crippen MR) is 112 cm³/mol. The van der Waals surface area contributed by atoms with Gasteiger partial charge < -0.3 is 15.4 Å². The second-order valence-electron chi connectivity index (χ2n) is 7.08. The van der Waals surface area contributed by atoms with Crippen molar-refractivity contribution in [3.05, 3.63) is 54.1 Å². The number of methoxy groups -OCH3 is 1. The summed E-state index contributed by atoms with van der Waals surface area (Å²) in [6.45, 7) is 7.85. The fourth-order valence-electron chi connectivity index (χ4n) is 3.25. The minimum absolute atomic E-state index is 0.0327. The first kappa shape index (κ1) is 21.4. The van der Waals surface area contributed by atoms with E-state index in [0.717, 1.165) is 0 Å². The Morgan fingerprint density at radius 1 is 0.964 bits per heavy atom. The topological polar surface area (TPSA) is 75.9 Å². The molecule has 0 saturated carbocycles. The van der Waals surface area contributed by atoms with Crippen LogP contribution in [0.5, 0.6) is 5.75 Å². The SMILES string of the molecule is COc1cccc(N(C(=O)CN)c2ccc(C(=O)N(C(C)C)C(C)C)cc2)c1. The van der Waals surface area contributed by atoms with Crippen LogP contribution in [0.3, 0.4) is 0 Å². The molecule has 2 N–H and O–H groups in total. The summed E-state index contributed by atoms with van der Waals surface area (Å²) in [6.07, 6.45) is 0. The fraction of sp³-hybridized carbons (Fsp3) is 0.364. The number of hydrogen-bond donors (Lipinski definition) is 1. The Morgan fingerprint density at radius 3 is 2.07 bits per heavy atom. The lowest BCUT2D eigenvalue weighted by atomic mass is 10.1. The van der Waals surface area contributed by atoms with E-state index in [4.69, 9.17) is 10.5 Å².